The van der Waals surface area contributed by atoms with Crippen LogP contribution < -0.4 is 10.6 Å². The Bertz CT molecular complexity index is 385. The van der Waals surface area contributed by atoms with E-state index in [4.69, 9.17) is 0 Å². The minimum absolute atomic E-state index is 0.149. The number of nitrogens with one attached hydrogen (secondary N) is 2. The number of hydrogen-bond donors (Lipinski definition) is 2. The second-order valence-corrected chi connectivity index (χ2v) is 3.05. The number of anilines is 2. The molecule has 0 atom stereocenters. The van der Waals surface area contributed by atoms with E-state index >= 15 is 0 Å². The summed E-state index contributed by atoms with van der Waals surface area (Å²) >= 11 is 0. The molecule has 88 valence electrons. The molecule has 0 fully saturated rings. The van der Waals surface area contributed by atoms with Crippen LogP contribution in [0.5, 0.6) is 0 Å². The van der Waals surface area contributed by atoms with Crippen LogP contribution in [0.4, 0.5) is 25.8 Å². The van der Waals surface area contributed by atoms with Gasteiger partial charge in [-0.3, -0.25) is 10.1 Å². The van der Waals surface area contributed by atoms with Gasteiger partial charge in [0.1, 0.15) is 0 Å². The summed E-state index contributed by atoms with van der Waals surface area (Å²) in [6.45, 7) is -0.537. The average molecular weight is 231 g/mol. The Hall–Kier alpha value is -1.92. The first-order valence-corrected chi connectivity index (χ1v) is 4.52. The van der Waals surface area contributed by atoms with Gasteiger partial charge in [0.15, 0.2) is 0 Å². The molecule has 0 unspecified atom stereocenters. The molecular weight excluding hydrogens is 220 g/mol. The van der Waals surface area contributed by atoms with Crippen molar-refractivity contribution in [1.29, 1.82) is 0 Å². The van der Waals surface area contributed by atoms with E-state index < -0.39 is 17.9 Å². The molecule has 0 saturated carbocycles. The van der Waals surface area contributed by atoms with Crippen LogP contribution >= 0.6 is 0 Å². The molecular formula is C9H11F2N3O2. The van der Waals surface area contributed by atoms with E-state index in [0.717, 1.165) is 0 Å². The van der Waals surface area contributed by atoms with Gasteiger partial charge < -0.3 is 10.6 Å². The Kier molecular flexibility index (Phi) is 3.98. The van der Waals surface area contributed by atoms with E-state index in [0.29, 0.717) is 11.4 Å². The number of alkyl halides is 2. The van der Waals surface area contributed by atoms with Crippen LogP contribution in [0.3, 0.4) is 0 Å². The second-order valence-electron chi connectivity index (χ2n) is 3.05. The third-order valence-electron chi connectivity index (χ3n) is 1.88. The van der Waals surface area contributed by atoms with Crippen LogP contribution in [0.15, 0.2) is 18.2 Å². The lowest BCUT2D eigenvalue weighted by atomic mass is 10.2. The van der Waals surface area contributed by atoms with E-state index in [1.165, 1.54) is 18.2 Å². The highest BCUT2D eigenvalue weighted by Crippen LogP contribution is 2.24. The Labute approximate surface area is 90.6 Å². The highest BCUT2D eigenvalue weighted by atomic mass is 19.3. The zero-order chi connectivity index (χ0) is 12.1. The van der Waals surface area contributed by atoms with Crippen LogP contribution in [0.25, 0.3) is 0 Å². The summed E-state index contributed by atoms with van der Waals surface area (Å²) in [5.41, 5.74) is 0.633. The van der Waals surface area contributed by atoms with Crippen LogP contribution in [0.1, 0.15) is 0 Å². The van der Waals surface area contributed by atoms with Crippen LogP contribution in [0.2, 0.25) is 0 Å². The van der Waals surface area contributed by atoms with Crippen molar-refractivity contribution in [1.82, 2.24) is 0 Å². The molecule has 0 aromatic heterocycles. The van der Waals surface area contributed by atoms with Gasteiger partial charge in [0, 0.05) is 30.6 Å². The molecule has 1 aromatic carbocycles. The van der Waals surface area contributed by atoms with Crippen LogP contribution in [-0.2, 0) is 0 Å². The van der Waals surface area contributed by atoms with Crippen molar-refractivity contribution in [2.75, 3.05) is 24.2 Å². The number of rotatable bonds is 5. The fourth-order valence-electron chi connectivity index (χ4n) is 1.16. The average Bonchev–Trinajstić information content (AvgIpc) is 2.25. The Morgan fingerprint density at radius 3 is 2.50 bits per heavy atom. The third-order valence-corrected chi connectivity index (χ3v) is 1.88. The molecule has 0 aliphatic heterocycles. The maximum absolute atomic E-state index is 12.0. The molecule has 16 heavy (non-hydrogen) atoms. The van der Waals surface area contributed by atoms with E-state index in [1.807, 2.05) is 0 Å². The predicted octanol–water partition coefficient (Wildman–Crippen LogP) is 2.31. The molecule has 0 aliphatic carbocycles. The summed E-state index contributed by atoms with van der Waals surface area (Å²) in [6, 6.07) is 4.06. The minimum Gasteiger partial charge on any atom is -0.388 e. The van der Waals surface area contributed by atoms with Crippen molar-refractivity contribution < 1.29 is 13.7 Å². The first-order chi connectivity index (χ1) is 7.52. The first kappa shape index (κ1) is 12.2. The normalized spacial score (nSPS) is 10.2. The fourth-order valence-corrected chi connectivity index (χ4v) is 1.16. The molecule has 1 rings (SSSR count). The van der Waals surface area contributed by atoms with E-state index in [9.17, 15) is 18.9 Å². The summed E-state index contributed by atoms with van der Waals surface area (Å²) in [6.07, 6.45) is -2.50. The van der Waals surface area contributed by atoms with E-state index in [2.05, 4.69) is 10.6 Å². The highest BCUT2D eigenvalue weighted by molar-refractivity contribution is 5.63. The zero-order valence-corrected chi connectivity index (χ0v) is 8.54. The molecule has 1 aromatic rings. The lowest BCUT2D eigenvalue weighted by molar-refractivity contribution is -0.384. The Balaban J connectivity index is 2.90. The first-order valence-electron chi connectivity index (χ1n) is 4.52. The van der Waals surface area contributed by atoms with Gasteiger partial charge >= 0.3 is 0 Å². The lowest BCUT2D eigenvalue weighted by Gasteiger charge is -2.07. The predicted molar refractivity (Wildman–Crippen MR) is 57.1 cm³/mol. The van der Waals surface area contributed by atoms with Gasteiger partial charge in [-0.2, -0.15) is 0 Å². The summed E-state index contributed by atoms with van der Waals surface area (Å²) in [7, 11) is 1.59. The topological polar surface area (TPSA) is 67.2 Å². The smallest absolute Gasteiger partial charge is 0.273 e. The van der Waals surface area contributed by atoms with E-state index in [-0.39, 0.29) is 5.69 Å². The van der Waals surface area contributed by atoms with Gasteiger partial charge in [0.25, 0.3) is 12.1 Å². The molecule has 0 heterocycles. The summed E-state index contributed by atoms with van der Waals surface area (Å²) in [5.74, 6) is 0. The van der Waals surface area contributed by atoms with Crippen LogP contribution in [-0.4, -0.2) is 24.9 Å². The van der Waals surface area contributed by atoms with Gasteiger partial charge in [0.05, 0.1) is 11.5 Å². The molecule has 0 amide bonds. The number of halogens is 2. The number of non-ortho nitro benzene ring substituents is 1. The maximum atomic E-state index is 12.0. The molecule has 2 N–H and O–H groups in total. The summed E-state index contributed by atoms with van der Waals surface area (Å²) in [4.78, 5) is 9.99. The lowest BCUT2D eigenvalue weighted by Crippen LogP contribution is -2.10. The van der Waals surface area contributed by atoms with Crippen molar-refractivity contribution in [3.05, 3.63) is 28.3 Å². The zero-order valence-electron chi connectivity index (χ0n) is 8.54. The molecule has 7 heteroatoms. The molecule has 5 nitrogen and oxygen atoms in total. The van der Waals surface area contributed by atoms with Crippen molar-refractivity contribution in [3.63, 3.8) is 0 Å². The number of nitrogens with zero attached hydrogens (tertiary/aromatic N) is 1. The molecule has 0 bridgehead atoms. The summed E-state index contributed by atoms with van der Waals surface area (Å²) < 4.78 is 23.9. The molecule has 0 radical (unpaired) electrons. The maximum Gasteiger partial charge on any atom is 0.273 e. The van der Waals surface area contributed by atoms with Gasteiger partial charge in [-0.25, -0.2) is 8.78 Å². The van der Waals surface area contributed by atoms with Gasteiger partial charge in [0.2, 0.25) is 0 Å². The highest BCUT2D eigenvalue weighted by Gasteiger charge is 2.10. The van der Waals surface area contributed by atoms with Gasteiger partial charge in [-0.05, 0) is 6.07 Å². The van der Waals surface area contributed by atoms with Crippen molar-refractivity contribution >= 4 is 17.1 Å². The molecule has 0 saturated heterocycles. The quantitative estimate of drug-likeness (QED) is 0.602. The monoisotopic (exact) mass is 231 g/mol. The van der Waals surface area contributed by atoms with Crippen molar-refractivity contribution in [2.24, 2.45) is 0 Å². The number of nitro benzene ring substituents is 1. The Morgan fingerprint density at radius 1 is 1.38 bits per heavy atom. The van der Waals surface area contributed by atoms with Gasteiger partial charge in [-0.1, -0.05) is 0 Å². The van der Waals surface area contributed by atoms with Gasteiger partial charge in [-0.15, -0.1) is 0 Å². The SMILES string of the molecule is CNc1cc(NCC(F)F)cc([N+](=O)[O-])c1. The van der Waals surface area contributed by atoms with Crippen LogP contribution in [0, 0.1) is 10.1 Å². The largest absolute Gasteiger partial charge is 0.388 e. The second kappa shape index (κ2) is 5.24. The fraction of sp³-hybridized carbons (Fsp3) is 0.333. The third kappa shape index (κ3) is 3.34. The Morgan fingerprint density at radius 2 is 2.00 bits per heavy atom. The molecule has 0 spiro atoms. The van der Waals surface area contributed by atoms with Crippen molar-refractivity contribution in [3.8, 4) is 0 Å². The molecule has 0 aliphatic rings. The number of benzene rings is 1. The van der Waals surface area contributed by atoms with E-state index in [1.54, 1.807) is 7.05 Å². The number of hydrogen-bond acceptors (Lipinski definition) is 4. The standard InChI is InChI=1S/C9H11F2N3O2/c1-12-6-2-7(13-5-9(10)11)4-8(3-6)14(15)16/h2-4,9,12-13H,5H2,1H3. The minimum atomic E-state index is -2.50. The van der Waals surface area contributed by atoms with Crippen molar-refractivity contribution in [2.45, 2.75) is 6.43 Å². The number of nitro groups is 1. The summed E-state index contributed by atoms with van der Waals surface area (Å²) in [5, 5.41) is 15.7.